The van der Waals surface area contributed by atoms with Crippen LogP contribution in [0.15, 0.2) is 0 Å². The number of carbonyl (C=O) groups excluding carboxylic acids is 1. The van der Waals surface area contributed by atoms with Gasteiger partial charge in [-0.15, -0.1) is 0 Å². The van der Waals surface area contributed by atoms with Gasteiger partial charge >= 0.3 is 5.97 Å². The summed E-state index contributed by atoms with van der Waals surface area (Å²) in [6.45, 7) is 0. The van der Waals surface area contributed by atoms with Crippen LogP contribution in [0, 0.1) is 5.92 Å². The van der Waals surface area contributed by atoms with Crippen LogP contribution in [0.5, 0.6) is 0 Å². The smallest absolute Gasteiger partial charge is 0.311 e. The summed E-state index contributed by atoms with van der Waals surface area (Å²) < 4.78 is 17.2. The Labute approximate surface area is 59.4 Å². The van der Waals surface area contributed by atoms with E-state index < -0.39 is 18.1 Å². The van der Waals surface area contributed by atoms with Crippen molar-refractivity contribution in [2.75, 3.05) is 7.11 Å². The highest BCUT2D eigenvalue weighted by molar-refractivity contribution is 5.73. The third-order valence-corrected chi connectivity index (χ3v) is 1.94. The van der Waals surface area contributed by atoms with Gasteiger partial charge in [0.2, 0.25) is 0 Å². The average Bonchev–Trinajstić information content (AvgIpc) is 2.34. The molecule has 0 N–H and O–H groups in total. The molecule has 1 aliphatic rings. The monoisotopic (exact) mass is 146 g/mol. The van der Waals surface area contributed by atoms with Crippen molar-refractivity contribution in [3.63, 3.8) is 0 Å². The summed E-state index contributed by atoms with van der Waals surface area (Å²) in [5.41, 5.74) is 0. The van der Waals surface area contributed by atoms with Gasteiger partial charge in [-0.1, -0.05) is 0 Å². The second-order valence-electron chi connectivity index (χ2n) is 2.58. The van der Waals surface area contributed by atoms with Gasteiger partial charge in [0.05, 0.1) is 13.0 Å². The first-order valence-electron chi connectivity index (χ1n) is 3.47. The Balaban J connectivity index is 2.46. The molecule has 0 spiro atoms. The fourth-order valence-electron chi connectivity index (χ4n) is 1.33. The second-order valence-corrected chi connectivity index (χ2v) is 2.58. The standard InChI is InChI=1S/C7H11FO2/c1-10-7(9)5-3-2-4-6(5)8/h5-6H,2-4H2,1H3. The molecule has 0 bridgehead atoms. The molecule has 0 aromatic heterocycles. The molecule has 0 aromatic carbocycles. The van der Waals surface area contributed by atoms with E-state index in [1.807, 2.05) is 0 Å². The molecule has 1 aliphatic carbocycles. The van der Waals surface area contributed by atoms with E-state index in [9.17, 15) is 9.18 Å². The lowest BCUT2D eigenvalue weighted by Gasteiger charge is -2.08. The van der Waals surface area contributed by atoms with E-state index in [-0.39, 0.29) is 0 Å². The van der Waals surface area contributed by atoms with Crippen LogP contribution in [0.1, 0.15) is 19.3 Å². The van der Waals surface area contributed by atoms with E-state index in [2.05, 4.69) is 4.74 Å². The SMILES string of the molecule is COC(=O)C1CCCC1F. The van der Waals surface area contributed by atoms with E-state index >= 15 is 0 Å². The molecule has 10 heavy (non-hydrogen) atoms. The normalized spacial score (nSPS) is 32.2. The zero-order valence-electron chi connectivity index (χ0n) is 5.97. The number of rotatable bonds is 1. The average molecular weight is 146 g/mol. The van der Waals surface area contributed by atoms with E-state index in [0.29, 0.717) is 12.8 Å². The lowest BCUT2D eigenvalue weighted by Crippen LogP contribution is -2.20. The molecule has 0 radical (unpaired) electrons. The highest BCUT2D eigenvalue weighted by Gasteiger charge is 2.33. The van der Waals surface area contributed by atoms with Crippen molar-refractivity contribution >= 4 is 5.97 Å². The molecule has 1 rings (SSSR count). The predicted octanol–water partition coefficient (Wildman–Crippen LogP) is 1.30. The first kappa shape index (κ1) is 7.51. The summed E-state index contributed by atoms with van der Waals surface area (Å²) in [6, 6.07) is 0. The number of hydrogen-bond acceptors (Lipinski definition) is 2. The maximum atomic E-state index is 12.7. The highest BCUT2D eigenvalue weighted by atomic mass is 19.1. The van der Waals surface area contributed by atoms with Gasteiger partial charge in [-0.05, 0) is 19.3 Å². The van der Waals surface area contributed by atoms with Crippen LogP contribution in [-0.4, -0.2) is 19.3 Å². The third-order valence-electron chi connectivity index (χ3n) is 1.94. The van der Waals surface area contributed by atoms with E-state index in [4.69, 9.17) is 0 Å². The van der Waals surface area contributed by atoms with Gasteiger partial charge in [-0.3, -0.25) is 4.79 Å². The second kappa shape index (κ2) is 2.99. The number of carbonyl (C=O) groups is 1. The molecule has 0 amide bonds. The van der Waals surface area contributed by atoms with Crippen LogP contribution >= 0.6 is 0 Å². The number of methoxy groups -OCH3 is 1. The molecule has 58 valence electrons. The predicted molar refractivity (Wildman–Crippen MR) is 34.3 cm³/mol. The number of halogens is 1. The quantitative estimate of drug-likeness (QED) is 0.521. The van der Waals surface area contributed by atoms with Crippen molar-refractivity contribution in [1.82, 2.24) is 0 Å². The van der Waals surface area contributed by atoms with Gasteiger partial charge in [0, 0.05) is 0 Å². The van der Waals surface area contributed by atoms with Crippen LogP contribution in [-0.2, 0) is 9.53 Å². The minimum Gasteiger partial charge on any atom is -0.469 e. The zero-order valence-corrected chi connectivity index (χ0v) is 5.97. The van der Waals surface area contributed by atoms with Crippen LogP contribution in [0.2, 0.25) is 0 Å². The molecule has 3 heteroatoms. The Morgan fingerprint density at radius 1 is 1.60 bits per heavy atom. The Bertz CT molecular complexity index is 136. The Morgan fingerprint density at radius 3 is 2.70 bits per heavy atom. The molecular formula is C7H11FO2. The Morgan fingerprint density at radius 2 is 2.30 bits per heavy atom. The molecule has 0 heterocycles. The van der Waals surface area contributed by atoms with Crippen molar-refractivity contribution < 1.29 is 13.9 Å². The molecule has 2 atom stereocenters. The first-order valence-corrected chi connectivity index (χ1v) is 3.47. The molecule has 1 saturated carbocycles. The van der Waals surface area contributed by atoms with Gasteiger partial charge in [-0.25, -0.2) is 4.39 Å². The maximum absolute atomic E-state index is 12.7. The number of hydrogen-bond donors (Lipinski definition) is 0. The van der Waals surface area contributed by atoms with Gasteiger partial charge < -0.3 is 4.74 Å². The minimum absolute atomic E-state index is 0.398. The summed E-state index contributed by atoms with van der Waals surface area (Å²) >= 11 is 0. The van der Waals surface area contributed by atoms with Crippen molar-refractivity contribution in [2.45, 2.75) is 25.4 Å². The molecule has 0 aromatic rings. The highest BCUT2D eigenvalue weighted by Crippen LogP contribution is 2.28. The number of ether oxygens (including phenoxy) is 1. The summed E-state index contributed by atoms with van der Waals surface area (Å²) in [5, 5.41) is 0. The topological polar surface area (TPSA) is 26.3 Å². The van der Waals surface area contributed by atoms with Gasteiger partial charge in [0.1, 0.15) is 6.17 Å². The van der Waals surface area contributed by atoms with Gasteiger partial charge in [0.25, 0.3) is 0 Å². The number of alkyl halides is 1. The van der Waals surface area contributed by atoms with Crippen LogP contribution in [0.25, 0.3) is 0 Å². The van der Waals surface area contributed by atoms with Crippen molar-refractivity contribution in [3.05, 3.63) is 0 Å². The Kier molecular flexibility index (Phi) is 2.25. The molecule has 1 fully saturated rings. The fraction of sp³-hybridized carbons (Fsp3) is 0.857. The summed E-state index contributed by atoms with van der Waals surface area (Å²) in [4.78, 5) is 10.8. The summed E-state index contributed by atoms with van der Waals surface area (Å²) in [7, 11) is 1.30. The molecule has 2 unspecified atom stereocenters. The van der Waals surface area contributed by atoms with Crippen LogP contribution in [0.4, 0.5) is 4.39 Å². The molecular weight excluding hydrogens is 135 g/mol. The fourth-order valence-corrected chi connectivity index (χ4v) is 1.33. The van der Waals surface area contributed by atoms with Gasteiger partial charge in [0.15, 0.2) is 0 Å². The molecule has 0 aliphatic heterocycles. The van der Waals surface area contributed by atoms with Gasteiger partial charge in [-0.2, -0.15) is 0 Å². The number of esters is 1. The molecule has 2 nitrogen and oxygen atoms in total. The van der Waals surface area contributed by atoms with E-state index in [1.165, 1.54) is 7.11 Å². The lowest BCUT2D eigenvalue weighted by atomic mass is 10.1. The largest absolute Gasteiger partial charge is 0.469 e. The zero-order chi connectivity index (χ0) is 7.56. The molecule has 0 saturated heterocycles. The summed E-state index contributed by atoms with van der Waals surface area (Å²) in [6.07, 6.45) is 1.00. The first-order chi connectivity index (χ1) is 4.75. The van der Waals surface area contributed by atoms with E-state index in [0.717, 1.165) is 6.42 Å². The third kappa shape index (κ3) is 1.28. The van der Waals surface area contributed by atoms with Crippen molar-refractivity contribution in [3.8, 4) is 0 Å². The van der Waals surface area contributed by atoms with Crippen LogP contribution < -0.4 is 0 Å². The summed E-state index contributed by atoms with van der Waals surface area (Å²) in [5.74, 6) is -0.880. The van der Waals surface area contributed by atoms with Crippen LogP contribution in [0.3, 0.4) is 0 Å². The van der Waals surface area contributed by atoms with Crippen molar-refractivity contribution in [1.29, 1.82) is 0 Å². The van der Waals surface area contributed by atoms with E-state index in [1.54, 1.807) is 0 Å². The minimum atomic E-state index is -0.965. The van der Waals surface area contributed by atoms with Crippen molar-refractivity contribution in [2.24, 2.45) is 5.92 Å². The maximum Gasteiger partial charge on any atom is 0.311 e. The lowest BCUT2D eigenvalue weighted by molar-refractivity contribution is -0.146. The Hall–Kier alpha value is -0.600.